The Morgan fingerprint density at radius 1 is 1.19 bits per heavy atom. The van der Waals surface area contributed by atoms with E-state index in [0.29, 0.717) is 29.3 Å². The lowest BCUT2D eigenvalue weighted by Gasteiger charge is -2.34. The topological polar surface area (TPSA) is 149 Å². The maximum Gasteiger partial charge on any atom is 0.407 e. The highest BCUT2D eigenvalue weighted by Crippen LogP contribution is 2.41. The molecule has 0 radical (unpaired) electrons. The number of ether oxygens (including phenoxy) is 1. The predicted octanol–water partition coefficient (Wildman–Crippen LogP) is 3.22. The van der Waals surface area contributed by atoms with Crippen molar-refractivity contribution in [3.8, 4) is 12.8 Å². The fourth-order valence-corrected chi connectivity index (χ4v) is 3.69. The minimum Gasteiger partial charge on any atom is -0.449 e. The maximum absolute atomic E-state index is 11.7. The molecule has 0 bridgehead atoms. The van der Waals surface area contributed by atoms with Gasteiger partial charge in [-0.3, -0.25) is 0 Å². The highest BCUT2D eigenvalue weighted by molar-refractivity contribution is 7.97. The Hall–Kier alpha value is -2.53. The monoisotopic (exact) mass is 537 g/mol. The van der Waals surface area contributed by atoms with E-state index in [9.17, 15) is 4.79 Å². The Kier molecular flexibility index (Phi) is 14.2. The van der Waals surface area contributed by atoms with Gasteiger partial charge in [-0.2, -0.15) is 17.4 Å². The molecule has 1 atom stereocenters. The molecule has 1 aliphatic rings. The van der Waals surface area contributed by atoms with Gasteiger partial charge in [-0.05, 0) is 86.1 Å². The fourth-order valence-electron chi connectivity index (χ4n) is 3.16. The number of anilines is 2. The number of hydrogen-bond acceptors (Lipinski definition) is 11. The minimum atomic E-state index is -2.94. The van der Waals surface area contributed by atoms with E-state index in [-0.39, 0.29) is 12.1 Å². The minimum absolute atomic E-state index is 0.115. The zero-order valence-electron chi connectivity index (χ0n) is 20.6. The first-order valence-electron chi connectivity index (χ1n) is 11.2. The summed E-state index contributed by atoms with van der Waals surface area (Å²) in [5.41, 5.74) is 1.83. The molecule has 0 aliphatic heterocycles. The molecule has 0 saturated heterocycles. The van der Waals surface area contributed by atoms with E-state index in [2.05, 4.69) is 50.8 Å². The van der Waals surface area contributed by atoms with Crippen LogP contribution in [0.4, 0.5) is 16.4 Å². The third kappa shape index (κ3) is 11.5. The molecule has 1 amide bonds. The van der Waals surface area contributed by atoms with Crippen LogP contribution in [-0.4, -0.2) is 56.4 Å². The number of nitrogens with zero attached hydrogens (tertiary/aromatic N) is 2. The van der Waals surface area contributed by atoms with Crippen LogP contribution in [0.3, 0.4) is 0 Å². The van der Waals surface area contributed by atoms with E-state index in [4.69, 9.17) is 20.1 Å². The van der Waals surface area contributed by atoms with Crippen molar-refractivity contribution >= 4 is 42.3 Å². The number of terminal acetylenes is 1. The van der Waals surface area contributed by atoms with Gasteiger partial charge in [-0.1, -0.05) is 6.92 Å². The van der Waals surface area contributed by atoms with E-state index in [0.717, 1.165) is 42.5 Å². The van der Waals surface area contributed by atoms with Crippen LogP contribution in [0.1, 0.15) is 44.6 Å². The molecule has 198 valence electrons. The number of carbonyl (C=O) groups is 1. The third-order valence-corrected chi connectivity index (χ3v) is 6.11. The van der Waals surface area contributed by atoms with Gasteiger partial charge in [-0.25, -0.2) is 14.8 Å². The number of nitrogens with one attached hydrogen (secondary N) is 3. The number of rotatable bonds is 10. The lowest BCUT2D eigenvalue weighted by Crippen LogP contribution is -2.40. The standard InChI is InChI=1S/C21H29N5O5S.C2H2.CH4S/c1-3-13(2)24-20(27)31-12-14-8-15(9-14)16-10-22-19(23-11-16)25-17-4-6-18(7-5-17)32-26-21(28,29)30;2*1-2/h4-7,10-11,13-15,26,28-30H,3,8-9,12H2,1-2H3,(H,24,27)(H,22,23,25);1-2H;2H,1H3. The van der Waals surface area contributed by atoms with Gasteiger partial charge in [0, 0.05) is 29.0 Å². The van der Waals surface area contributed by atoms with Crippen molar-refractivity contribution in [2.45, 2.75) is 56.1 Å². The van der Waals surface area contributed by atoms with Crippen LogP contribution in [0.15, 0.2) is 41.6 Å². The van der Waals surface area contributed by atoms with E-state index in [1.807, 2.05) is 26.2 Å². The fraction of sp³-hybridized carbons (Fsp3) is 0.458. The van der Waals surface area contributed by atoms with Gasteiger partial charge in [-0.15, -0.1) is 12.8 Å². The molecule has 1 heterocycles. The average molecular weight is 538 g/mol. The maximum atomic E-state index is 11.7. The smallest absolute Gasteiger partial charge is 0.407 e. The van der Waals surface area contributed by atoms with Crippen LogP contribution in [0.2, 0.25) is 0 Å². The summed E-state index contributed by atoms with van der Waals surface area (Å²) in [4.78, 5) is 21.1. The van der Waals surface area contributed by atoms with Gasteiger partial charge in [0.1, 0.15) is 0 Å². The molecular weight excluding hydrogens is 502 g/mol. The Bertz CT molecular complexity index is 917. The first kappa shape index (κ1) is 31.5. The molecule has 10 nitrogen and oxygen atoms in total. The molecule has 1 unspecified atom stereocenters. The van der Waals surface area contributed by atoms with Crippen molar-refractivity contribution in [2.75, 3.05) is 18.2 Å². The number of amides is 1. The third-order valence-electron chi connectivity index (χ3n) is 5.22. The molecule has 0 spiro atoms. The lowest BCUT2D eigenvalue weighted by molar-refractivity contribution is -0.317. The van der Waals surface area contributed by atoms with Gasteiger partial charge in [0.15, 0.2) is 0 Å². The summed E-state index contributed by atoms with van der Waals surface area (Å²) in [5, 5.41) is 32.4. The largest absolute Gasteiger partial charge is 0.449 e. The van der Waals surface area contributed by atoms with Crippen molar-refractivity contribution in [1.29, 1.82) is 0 Å². The molecule has 1 fully saturated rings. The zero-order chi connectivity index (χ0) is 27.1. The van der Waals surface area contributed by atoms with Crippen LogP contribution in [-0.2, 0) is 4.74 Å². The van der Waals surface area contributed by atoms with Crippen LogP contribution >= 0.6 is 24.6 Å². The number of hydrogen-bond donors (Lipinski definition) is 7. The average Bonchev–Trinajstić information content (AvgIpc) is 2.85. The molecule has 6 N–H and O–H groups in total. The first-order chi connectivity index (χ1) is 17.2. The van der Waals surface area contributed by atoms with Crippen molar-refractivity contribution in [3.05, 3.63) is 42.2 Å². The van der Waals surface area contributed by atoms with E-state index in [1.165, 1.54) is 0 Å². The second kappa shape index (κ2) is 16.3. The molecule has 36 heavy (non-hydrogen) atoms. The molecule has 12 heteroatoms. The second-order valence-electron chi connectivity index (χ2n) is 7.92. The Labute approximate surface area is 222 Å². The number of aromatic nitrogens is 2. The van der Waals surface area contributed by atoms with Crippen LogP contribution < -0.4 is 15.4 Å². The number of benzene rings is 1. The quantitative estimate of drug-likeness (QED) is 0.104. The van der Waals surface area contributed by atoms with Gasteiger partial charge in [0.2, 0.25) is 5.95 Å². The number of alkyl carbamates (subject to hydrolysis) is 1. The summed E-state index contributed by atoms with van der Waals surface area (Å²) in [6, 6.07) is 7.15. The van der Waals surface area contributed by atoms with Gasteiger partial charge in [0.05, 0.1) is 6.61 Å². The Balaban J connectivity index is 0.00000154. The molecule has 1 aromatic heterocycles. The number of carbonyl (C=O) groups excluding carboxylic acids is 1. The zero-order valence-corrected chi connectivity index (χ0v) is 22.3. The Morgan fingerprint density at radius 2 is 1.78 bits per heavy atom. The summed E-state index contributed by atoms with van der Waals surface area (Å²) < 4.78 is 7.37. The van der Waals surface area contributed by atoms with Crippen molar-refractivity contribution in [2.24, 2.45) is 5.92 Å². The molecule has 1 saturated carbocycles. The SMILES string of the molecule is C#C.CCC(C)NC(=O)OCC1CC(c2cnc(Nc3ccc(SNC(O)(O)O)cc3)nc2)C1.CS. The number of thiol groups is 1. The lowest BCUT2D eigenvalue weighted by atomic mass is 9.72. The van der Waals surface area contributed by atoms with E-state index in [1.54, 1.807) is 30.5 Å². The molecule has 1 aromatic carbocycles. The summed E-state index contributed by atoms with van der Waals surface area (Å²) in [5.74, 6) is 1.20. The second-order valence-corrected chi connectivity index (χ2v) is 8.80. The van der Waals surface area contributed by atoms with E-state index < -0.39 is 6.10 Å². The molecular formula is C24H35N5O5S2. The summed E-state index contributed by atoms with van der Waals surface area (Å²) in [6.07, 6.45) is 12.8. The summed E-state index contributed by atoms with van der Waals surface area (Å²) in [7, 11) is 0. The highest BCUT2D eigenvalue weighted by Gasteiger charge is 2.31. The van der Waals surface area contributed by atoms with E-state index >= 15 is 0 Å². The molecule has 1 aliphatic carbocycles. The van der Waals surface area contributed by atoms with Crippen LogP contribution in [0.5, 0.6) is 0 Å². The van der Waals surface area contributed by atoms with Gasteiger partial charge >= 0.3 is 12.2 Å². The van der Waals surface area contributed by atoms with Crippen molar-refractivity contribution in [1.82, 2.24) is 20.0 Å². The summed E-state index contributed by atoms with van der Waals surface area (Å²) >= 11 is 4.40. The predicted molar refractivity (Wildman–Crippen MR) is 145 cm³/mol. The summed E-state index contributed by atoms with van der Waals surface area (Å²) in [6.45, 7) is 4.39. The normalized spacial score (nSPS) is 17.1. The molecule has 3 rings (SSSR count). The number of aliphatic hydroxyl groups is 3. The van der Waals surface area contributed by atoms with Crippen molar-refractivity contribution in [3.63, 3.8) is 0 Å². The molecule has 2 aromatic rings. The highest BCUT2D eigenvalue weighted by atomic mass is 32.2. The first-order valence-corrected chi connectivity index (χ1v) is 12.9. The van der Waals surface area contributed by atoms with Crippen LogP contribution in [0.25, 0.3) is 0 Å². The van der Waals surface area contributed by atoms with Gasteiger partial charge < -0.3 is 30.7 Å². The van der Waals surface area contributed by atoms with Crippen LogP contribution in [0, 0.1) is 18.8 Å². The Morgan fingerprint density at radius 3 is 2.31 bits per heavy atom. The van der Waals surface area contributed by atoms with Gasteiger partial charge in [0.25, 0.3) is 0 Å². The van der Waals surface area contributed by atoms with Crippen molar-refractivity contribution < 1.29 is 24.9 Å².